The summed E-state index contributed by atoms with van der Waals surface area (Å²) in [6, 6.07) is 21.2. The quantitative estimate of drug-likeness (QED) is 0.0653. The number of aliphatic hydroxyl groups excluding tert-OH is 2. The Morgan fingerprint density at radius 1 is 0.500 bits per heavy atom. The molecule has 54 heavy (non-hydrogen) atoms. The van der Waals surface area contributed by atoms with Crippen LogP contribution in [0.2, 0.25) is 0 Å². The predicted octanol–water partition coefficient (Wildman–Crippen LogP) is 7.58. The number of rotatable bonds is 29. The van der Waals surface area contributed by atoms with Gasteiger partial charge in [-0.3, -0.25) is 0 Å². The molecule has 2 N–H and O–H groups in total. The molecule has 0 aliphatic heterocycles. The molecule has 0 saturated carbocycles. The first-order chi connectivity index (χ1) is 25.7. The van der Waals surface area contributed by atoms with Gasteiger partial charge < -0.3 is 39.0 Å². The summed E-state index contributed by atoms with van der Waals surface area (Å²) in [4.78, 5) is 19.0. The zero-order valence-corrected chi connectivity index (χ0v) is 35.3. The lowest BCUT2D eigenvalue weighted by atomic mass is 10.0. The maximum Gasteiger partial charge on any atom is 0.105 e. The van der Waals surface area contributed by atoms with Gasteiger partial charge in [-0.1, -0.05) is 177 Å². The number of aliphatic hydroxyl groups is 2. The van der Waals surface area contributed by atoms with Crippen LogP contribution in [-0.4, -0.2) is 84.6 Å². The lowest BCUT2D eigenvalue weighted by Gasteiger charge is -2.32. The third kappa shape index (κ3) is 33.8. The molecular weight excluding hydrogens is 677 g/mol. The van der Waals surface area contributed by atoms with Crippen molar-refractivity contribution in [3.63, 3.8) is 0 Å². The summed E-state index contributed by atoms with van der Waals surface area (Å²) in [6.07, 6.45) is 21.9. The van der Waals surface area contributed by atoms with E-state index in [-0.39, 0.29) is 12.2 Å². The van der Waals surface area contributed by atoms with Crippen molar-refractivity contribution in [1.29, 1.82) is 0 Å². The number of carbonyl (C=O) groups is 2. The second-order valence-corrected chi connectivity index (χ2v) is 16.6. The number of aliphatic carboxylic acids is 2. The number of carboxylic acids is 2. The van der Waals surface area contributed by atoms with Crippen LogP contribution in [0.4, 0.5) is 0 Å². The highest BCUT2D eigenvalue weighted by Crippen LogP contribution is 2.16. The van der Waals surface area contributed by atoms with Crippen molar-refractivity contribution in [1.82, 2.24) is 0 Å². The van der Waals surface area contributed by atoms with Gasteiger partial charge in [0, 0.05) is 23.1 Å². The molecule has 0 spiro atoms. The van der Waals surface area contributed by atoms with Gasteiger partial charge in [0.25, 0.3) is 0 Å². The average Bonchev–Trinajstić information content (AvgIpc) is 3.10. The molecule has 2 rings (SSSR count). The highest BCUT2D eigenvalue weighted by atomic mass is 16.4. The van der Waals surface area contributed by atoms with Crippen LogP contribution in [0.3, 0.4) is 0 Å². The Kier molecular flexibility index (Phi) is 30.8. The van der Waals surface area contributed by atoms with Crippen LogP contribution in [0.15, 0.2) is 60.7 Å². The number of unbranched alkanes of at least 4 members (excludes halogenated alkanes) is 14. The van der Waals surface area contributed by atoms with Crippen LogP contribution in [0.25, 0.3) is 0 Å². The molecule has 0 radical (unpaired) electrons. The molecule has 2 aromatic carbocycles. The van der Waals surface area contributed by atoms with Gasteiger partial charge in [0.2, 0.25) is 0 Å². The van der Waals surface area contributed by atoms with Gasteiger partial charge in [0.05, 0.1) is 28.2 Å². The Morgan fingerprint density at radius 2 is 0.778 bits per heavy atom. The van der Waals surface area contributed by atoms with Gasteiger partial charge in [-0.05, 0) is 25.7 Å². The fourth-order valence-corrected chi connectivity index (χ4v) is 6.84. The van der Waals surface area contributed by atoms with E-state index < -0.39 is 24.8 Å². The SMILES string of the molecule is CCCCCCCCCCC(O)C[N+](C)(C)Cc1ccccc1.CCCCCCCCCCC(O)C[N+](C)(C)Cc1ccccc1.O=C([O-])CCC(=O)[O-]. The topological polar surface area (TPSA) is 121 Å². The second-order valence-electron chi connectivity index (χ2n) is 16.6. The molecule has 0 aliphatic carbocycles. The van der Waals surface area contributed by atoms with Gasteiger partial charge in [-0.25, -0.2) is 0 Å². The Bertz CT molecular complexity index is 1070. The fourth-order valence-electron chi connectivity index (χ4n) is 6.84. The smallest absolute Gasteiger partial charge is 0.105 e. The van der Waals surface area contributed by atoms with Crippen LogP contribution in [0.1, 0.15) is 153 Å². The summed E-state index contributed by atoms with van der Waals surface area (Å²) in [7, 11) is 8.85. The van der Waals surface area contributed by atoms with Gasteiger partial charge in [-0.2, -0.15) is 0 Å². The van der Waals surface area contributed by atoms with Crippen molar-refractivity contribution in [2.75, 3.05) is 41.3 Å². The van der Waals surface area contributed by atoms with Crippen LogP contribution in [0, 0.1) is 0 Å². The number of carboxylic acid groups (broad SMARTS) is 2. The molecule has 2 aromatic rings. The Balaban J connectivity index is 0.000000867. The van der Waals surface area contributed by atoms with Crippen LogP contribution in [0.5, 0.6) is 0 Å². The minimum atomic E-state index is -1.37. The molecule has 8 nitrogen and oxygen atoms in total. The van der Waals surface area contributed by atoms with E-state index in [2.05, 4.69) is 103 Å². The van der Waals surface area contributed by atoms with Crippen molar-refractivity contribution in [3.05, 3.63) is 71.8 Å². The lowest BCUT2D eigenvalue weighted by molar-refractivity contribution is -0.906. The minimum Gasteiger partial charge on any atom is -0.550 e. The van der Waals surface area contributed by atoms with Gasteiger partial charge in [0.15, 0.2) is 0 Å². The van der Waals surface area contributed by atoms with E-state index in [1.807, 2.05) is 0 Å². The number of likely N-dealkylation sites (N-methyl/N-ethyl adjacent to an activating group) is 2. The Labute approximate surface area is 330 Å². The lowest BCUT2D eigenvalue weighted by Crippen LogP contribution is -2.44. The first-order valence-corrected chi connectivity index (χ1v) is 21.2. The summed E-state index contributed by atoms with van der Waals surface area (Å²) in [6.45, 7) is 8.17. The number of hydrogen-bond donors (Lipinski definition) is 2. The monoisotopic (exact) mass is 757 g/mol. The first-order valence-electron chi connectivity index (χ1n) is 21.2. The zero-order valence-electron chi connectivity index (χ0n) is 35.3. The van der Waals surface area contributed by atoms with Gasteiger partial charge >= 0.3 is 0 Å². The summed E-state index contributed by atoms with van der Waals surface area (Å²) < 4.78 is 1.70. The summed E-state index contributed by atoms with van der Waals surface area (Å²) in [5.41, 5.74) is 2.69. The highest BCUT2D eigenvalue weighted by molar-refractivity contribution is 5.72. The molecule has 0 saturated heterocycles. The number of hydrogen-bond acceptors (Lipinski definition) is 6. The zero-order chi connectivity index (χ0) is 40.5. The standard InChI is InChI=1S/2C21H38NO.C4H6O4/c2*1-4-5-6-7-8-9-10-14-17-21(23)19-22(2,3)18-20-15-12-11-13-16-20;5-3(6)1-2-4(7)8/h2*11-13,15-16,21,23H,4-10,14,17-19H2,1-3H3;1-2H2,(H,5,6)(H,7,8)/q2*+1;/p-2. The Hall–Kier alpha value is -2.78. The van der Waals surface area contributed by atoms with E-state index >= 15 is 0 Å². The highest BCUT2D eigenvalue weighted by Gasteiger charge is 2.22. The number of carbonyl (C=O) groups excluding carboxylic acids is 2. The predicted molar refractivity (Wildman–Crippen MR) is 220 cm³/mol. The molecule has 0 amide bonds. The van der Waals surface area contributed by atoms with Crippen LogP contribution in [-0.2, 0) is 22.7 Å². The third-order valence-electron chi connectivity index (χ3n) is 9.63. The second kappa shape index (κ2) is 32.5. The van der Waals surface area contributed by atoms with Crippen molar-refractivity contribution in [3.8, 4) is 0 Å². The van der Waals surface area contributed by atoms with Crippen molar-refractivity contribution < 1.29 is 39.0 Å². The first kappa shape index (κ1) is 51.2. The Morgan fingerprint density at radius 3 is 1.06 bits per heavy atom. The van der Waals surface area contributed by atoms with Crippen molar-refractivity contribution in [2.24, 2.45) is 0 Å². The summed E-state index contributed by atoms with van der Waals surface area (Å²) in [5.74, 6) is -2.73. The van der Waals surface area contributed by atoms with E-state index in [1.54, 1.807) is 0 Å². The average molecular weight is 757 g/mol. The van der Waals surface area contributed by atoms with Gasteiger partial charge in [0.1, 0.15) is 38.4 Å². The molecule has 310 valence electrons. The molecule has 8 heteroatoms. The van der Waals surface area contributed by atoms with Crippen LogP contribution < -0.4 is 10.2 Å². The third-order valence-corrected chi connectivity index (χ3v) is 9.63. The van der Waals surface area contributed by atoms with Gasteiger partial charge in [-0.15, -0.1) is 0 Å². The molecule has 0 aromatic heterocycles. The van der Waals surface area contributed by atoms with Crippen LogP contribution >= 0.6 is 0 Å². The van der Waals surface area contributed by atoms with Crippen molar-refractivity contribution in [2.45, 2.75) is 168 Å². The number of quaternary nitrogens is 2. The molecular formula is C46H80N2O6. The largest absolute Gasteiger partial charge is 0.550 e. The summed E-state index contributed by atoms with van der Waals surface area (Å²) >= 11 is 0. The molecule has 0 bridgehead atoms. The van der Waals surface area contributed by atoms with E-state index in [1.165, 1.54) is 114 Å². The maximum absolute atomic E-state index is 10.3. The van der Waals surface area contributed by atoms with E-state index in [0.717, 1.165) is 48.0 Å². The van der Waals surface area contributed by atoms with E-state index in [4.69, 9.17) is 0 Å². The number of benzene rings is 2. The van der Waals surface area contributed by atoms with Crippen molar-refractivity contribution >= 4 is 11.9 Å². The maximum atomic E-state index is 10.3. The molecule has 0 aliphatic rings. The minimum absolute atomic E-state index is 0.172. The fraction of sp³-hybridized carbons (Fsp3) is 0.696. The molecule has 2 atom stereocenters. The summed E-state index contributed by atoms with van der Waals surface area (Å²) in [5, 5.41) is 39.6. The number of nitrogens with zero attached hydrogens (tertiary/aromatic N) is 2. The van der Waals surface area contributed by atoms with E-state index in [9.17, 15) is 30.0 Å². The normalized spacial score (nSPS) is 12.5. The molecule has 2 unspecified atom stereocenters. The molecule has 0 fully saturated rings. The molecule has 0 heterocycles. The van der Waals surface area contributed by atoms with E-state index in [0.29, 0.717) is 0 Å².